The second-order valence-corrected chi connectivity index (χ2v) is 9.92. The maximum atomic E-state index is 8.85. The topological polar surface area (TPSA) is 115 Å². The van der Waals surface area contributed by atoms with E-state index in [0.717, 1.165) is 25.2 Å². The molecule has 0 heterocycles. The highest BCUT2D eigenvalue weighted by molar-refractivity contribution is 4.75. The van der Waals surface area contributed by atoms with E-state index in [9.17, 15) is 0 Å². The van der Waals surface area contributed by atoms with Gasteiger partial charge in [-0.15, -0.1) is 0 Å². The van der Waals surface area contributed by atoms with E-state index in [1.54, 1.807) is 0 Å². The van der Waals surface area contributed by atoms with Gasteiger partial charge in [0.25, 0.3) is 0 Å². The van der Waals surface area contributed by atoms with Crippen molar-refractivity contribution >= 4 is 0 Å². The number of nitrogens with zero attached hydrogens (tertiary/aromatic N) is 3. The molecular weight excluding hydrogens is 400 g/mol. The van der Waals surface area contributed by atoms with Crippen molar-refractivity contribution in [1.29, 1.82) is 0 Å². The van der Waals surface area contributed by atoms with Crippen molar-refractivity contribution < 1.29 is 10.2 Å². The quantitative estimate of drug-likeness (QED) is 0.156. The Balaban J connectivity index is -0.000000397. The minimum absolute atomic E-state index is 0.0463. The first-order valence-electron chi connectivity index (χ1n) is 12.9. The Hall–Kier alpha value is -0.810. The Bertz CT molecular complexity index is 415. The van der Waals surface area contributed by atoms with Crippen molar-refractivity contribution in [3.63, 3.8) is 0 Å². The summed E-state index contributed by atoms with van der Waals surface area (Å²) in [6.45, 7) is 24.2. The molecule has 0 amide bonds. The van der Waals surface area contributed by atoms with Gasteiger partial charge in [0.2, 0.25) is 0 Å². The van der Waals surface area contributed by atoms with Crippen molar-refractivity contribution in [2.24, 2.45) is 52.3 Å². The zero-order valence-electron chi connectivity index (χ0n) is 23.3. The van der Waals surface area contributed by atoms with Crippen LogP contribution in [0.15, 0.2) is 5.11 Å². The highest BCUT2D eigenvalue weighted by Crippen LogP contribution is 2.23. The molecule has 0 bridgehead atoms. The molecule has 0 aromatic rings. The zero-order chi connectivity index (χ0) is 25.9. The molecule has 32 heavy (non-hydrogen) atoms. The van der Waals surface area contributed by atoms with E-state index in [1.165, 1.54) is 6.42 Å². The zero-order valence-corrected chi connectivity index (χ0v) is 23.3. The minimum Gasteiger partial charge on any atom is -0.396 e. The molecule has 0 saturated heterocycles. The first kappa shape index (κ1) is 35.8. The molecule has 0 aromatic carbocycles. The van der Waals surface area contributed by atoms with Crippen LogP contribution in [-0.4, -0.2) is 35.5 Å². The van der Waals surface area contributed by atoms with Gasteiger partial charge in [0.1, 0.15) is 0 Å². The molecule has 194 valence electrons. The van der Waals surface area contributed by atoms with Crippen LogP contribution >= 0.6 is 0 Å². The largest absolute Gasteiger partial charge is 0.396 e. The van der Waals surface area contributed by atoms with Gasteiger partial charge in [0.05, 0.1) is 6.61 Å². The lowest BCUT2D eigenvalue weighted by Crippen LogP contribution is -2.35. The molecule has 0 fully saturated rings. The Labute approximate surface area is 200 Å². The number of hydrogen-bond acceptors (Lipinski definition) is 4. The average molecular weight is 459 g/mol. The van der Waals surface area contributed by atoms with Gasteiger partial charge < -0.3 is 15.9 Å². The maximum absolute atomic E-state index is 8.85. The fourth-order valence-electron chi connectivity index (χ4n) is 3.43. The standard InChI is InChI=1S/C9H19N3.C9H20O.C8H19NO/c1-5-7(3)8(4)9(6-2)11-12-10;1-5-7(2)9(4)8(3)6-10;1-4-6(2)7(3)8(9)5-10/h7-9H,5-6H2,1-4H3;7-10H,5-6H2,1-4H3;6-8,10H,4-5,9H2,1-3H3/t7-,8-,9?;7-,8+,9-;6-,7-,8+/m111/s1. The number of azide groups is 1. The second-order valence-electron chi connectivity index (χ2n) is 9.92. The molecule has 0 rings (SSSR count). The van der Waals surface area contributed by atoms with Crippen LogP contribution in [0.1, 0.15) is 102 Å². The van der Waals surface area contributed by atoms with Gasteiger partial charge in [0, 0.05) is 23.6 Å². The Morgan fingerprint density at radius 1 is 0.656 bits per heavy atom. The van der Waals surface area contributed by atoms with Gasteiger partial charge >= 0.3 is 0 Å². The van der Waals surface area contributed by atoms with E-state index < -0.39 is 0 Å². The van der Waals surface area contributed by atoms with Crippen molar-refractivity contribution in [2.45, 2.75) is 114 Å². The van der Waals surface area contributed by atoms with Crippen LogP contribution in [0, 0.1) is 41.4 Å². The third-order valence-electron chi connectivity index (χ3n) is 7.92. The lowest BCUT2D eigenvalue weighted by Gasteiger charge is -2.23. The van der Waals surface area contributed by atoms with Gasteiger partial charge in [0.15, 0.2) is 0 Å². The predicted octanol–water partition coefficient (Wildman–Crippen LogP) is 7.04. The Morgan fingerprint density at radius 2 is 1.06 bits per heavy atom. The Morgan fingerprint density at radius 3 is 1.38 bits per heavy atom. The first-order chi connectivity index (χ1) is 14.9. The van der Waals surface area contributed by atoms with E-state index in [2.05, 4.69) is 86.2 Å². The second kappa shape index (κ2) is 22.0. The van der Waals surface area contributed by atoms with Crippen LogP contribution in [0.2, 0.25) is 0 Å². The van der Waals surface area contributed by atoms with E-state index in [-0.39, 0.29) is 18.7 Å². The number of aliphatic hydroxyl groups excluding tert-OH is 2. The van der Waals surface area contributed by atoms with Gasteiger partial charge in [-0.2, -0.15) is 0 Å². The number of aliphatic hydroxyl groups is 2. The fourth-order valence-corrected chi connectivity index (χ4v) is 3.43. The molecular formula is C26H58N4O2. The normalized spacial score (nSPS) is 19.2. The predicted molar refractivity (Wildman–Crippen MR) is 140 cm³/mol. The summed E-state index contributed by atoms with van der Waals surface area (Å²) in [7, 11) is 0. The van der Waals surface area contributed by atoms with E-state index in [0.29, 0.717) is 42.1 Å². The SMILES string of the molecule is CCC(N=[N+]=[N-])[C@H](C)[C@H](C)CC.CC[C@@H](C)[C@@H](C)[C@@H](C)CO.CC[C@@H](C)[C@@H](C)[C@@H](N)CO. The van der Waals surface area contributed by atoms with Crippen LogP contribution in [-0.2, 0) is 0 Å². The molecule has 0 saturated carbocycles. The molecule has 0 spiro atoms. The highest BCUT2D eigenvalue weighted by atomic mass is 16.3. The summed E-state index contributed by atoms with van der Waals surface area (Å²) in [5, 5.41) is 21.4. The van der Waals surface area contributed by atoms with Gasteiger partial charge in [-0.3, -0.25) is 0 Å². The number of hydrogen-bond donors (Lipinski definition) is 3. The first-order valence-corrected chi connectivity index (χ1v) is 12.9. The van der Waals surface area contributed by atoms with Crippen molar-refractivity contribution in [2.75, 3.05) is 13.2 Å². The van der Waals surface area contributed by atoms with E-state index in [4.69, 9.17) is 21.5 Å². The lowest BCUT2D eigenvalue weighted by molar-refractivity contribution is 0.163. The molecule has 4 N–H and O–H groups in total. The summed E-state index contributed by atoms with van der Waals surface area (Å²) < 4.78 is 0. The van der Waals surface area contributed by atoms with Gasteiger partial charge in [-0.1, -0.05) is 101 Å². The summed E-state index contributed by atoms with van der Waals surface area (Å²) in [6, 6.07) is 0.125. The highest BCUT2D eigenvalue weighted by Gasteiger charge is 2.19. The summed E-state index contributed by atoms with van der Waals surface area (Å²) >= 11 is 0. The van der Waals surface area contributed by atoms with Gasteiger partial charge in [-0.25, -0.2) is 0 Å². The molecule has 0 aliphatic rings. The summed E-state index contributed by atoms with van der Waals surface area (Å²) in [5.74, 6) is 4.01. The Kier molecular flexibility index (Phi) is 24.6. The molecule has 0 radical (unpaired) electrons. The van der Waals surface area contributed by atoms with Crippen LogP contribution in [0.25, 0.3) is 10.4 Å². The number of nitrogens with two attached hydrogens (primary N) is 1. The molecule has 0 aliphatic carbocycles. The molecule has 6 nitrogen and oxygen atoms in total. The summed E-state index contributed by atoms with van der Waals surface area (Å²) in [5.41, 5.74) is 14.0. The van der Waals surface area contributed by atoms with Gasteiger partial charge in [-0.05, 0) is 53.4 Å². The molecule has 1 unspecified atom stereocenters. The van der Waals surface area contributed by atoms with Crippen molar-refractivity contribution in [3.8, 4) is 0 Å². The third-order valence-corrected chi connectivity index (χ3v) is 7.92. The lowest BCUT2D eigenvalue weighted by atomic mass is 9.84. The monoisotopic (exact) mass is 458 g/mol. The van der Waals surface area contributed by atoms with Crippen LogP contribution in [0.3, 0.4) is 0 Å². The van der Waals surface area contributed by atoms with Crippen LogP contribution < -0.4 is 5.73 Å². The average Bonchev–Trinajstić information content (AvgIpc) is 2.83. The third kappa shape index (κ3) is 15.9. The fraction of sp³-hybridized carbons (Fsp3) is 1.00. The molecule has 9 atom stereocenters. The summed E-state index contributed by atoms with van der Waals surface area (Å²) in [4.78, 5) is 2.87. The maximum Gasteiger partial charge on any atom is 0.0585 e. The van der Waals surface area contributed by atoms with E-state index in [1.807, 2.05) is 0 Å². The minimum atomic E-state index is -0.0463. The van der Waals surface area contributed by atoms with E-state index >= 15 is 0 Å². The van der Waals surface area contributed by atoms with Crippen molar-refractivity contribution in [3.05, 3.63) is 10.4 Å². The van der Waals surface area contributed by atoms with Crippen molar-refractivity contribution in [1.82, 2.24) is 0 Å². The smallest absolute Gasteiger partial charge is 0.0585 e. The van der Waals surface area contributed by atoms with Crippen LogP contribution in [0.4, 0.5) is 0 Å². The molecule has 6 heteroatoms. The molecule has 0 aromatic heterocycles. The van der Waals surface area contributed by atoms with Crippen LogP contribution in [0.5, 0.6) is 0 Å². The summed E-state index contributed by atoms with van der Waals surface area (Å²) in [6.07, 6.45) is 4.44. The number of rotatable bonds is 13. The molecule has 0 aliphatic heterocycles.